The first-order chi connectivity index (χ1) is 11.6. The van der Waals surface area contributed by atoms with Crippen molar-refractivity contribution in [2.24, 2.45) is 5.10 Å². The van der Waals surface area contributed by atoms with Crippen LogP contribution < -0.4 is 14.9 Å². The number of benzene rings is 2. The Morgan fingerprint density at radius 3 is 2.92 bits per heavy atom. The van der Waals surface area contributed by atoms with E-state index >= 15 is 0 Å². The van der Waals surface area contributed by atoms with Gasteiger partial charge in [-0.15, -0.1) is 0 Å². The highest BCUT2D eigenvalue weighted by Gasteiger charge is 2.18. The number of carbonyl (C=O) groups excluding carboxylic acids is 1. The van der Waals surface area contributed by atoms with Crippen molar-refractivity contribution >= 4 is 11.6 Å². The van der Waals surface area contributed by atoms with Gasteiger partial charge >= 0.3 is 0 Å². The van der Waals surface area contributed by atoms with Gasteiger partial charge in [0.25, 0.3) is 5.91 Å². The molecular formula is C19H20N2O3. The number of para-hydroxylation sites is 1. The number of aryl methyl sites for hydroxylation is 2. The van der Waals surface area contributed by atoms with E-state index in [0.717, 1.165) is 28.2 Å². The van der Waals surface area contributed by atoms with Crippen molar-refractivity contribution in [1.82, 2.24) is 5.43 Å². The van der Waals surface area contributed by atoms with Crippen LogP contribution >= 0.6 is 0 Å². The molecule has 0 fully saturated rings. The molecule has 0 bridgehead atoms. The first-order valence-corrected chi connectivity index (χ1v) is 7.91. The van der Waals surface area contributed by atoms with Crippen LogP contribution in [-0.4, -0.2) is 24.8 Å². The van der Waals surface area contributed by atoms with Crippen LogP contribution in [0, 0.1) is 13.8 Å². The molecule has 24 heavy (non-hydrogen) atoms. The molecule has 5 heteroatoms. The summed E-state index contributed by atoms with van der Waals surface area (Å²) in [5, 5.41) is 4.25. The van der Waals surface area contributed by atoms with Crippen molar-refractivity contribution in [3.05, 3.63) is 59.2 Å². The van der Waals surface area contributed by atoms with Gasteiger partial charge in [0.1, 0.15) is 11.5 Å². The lowest BCUT2D eigenvalue weighted by Gasteiger charge is -2.20. The molecule has 2 aromatic carbocycles. The Labute approximate surface area is 141 Å². The van der Waals surface area contributed by atoms with Crippen LogP contribution in [0.2, 0.25) is 0 Å². The summed E-state index contributed by atoms with van der Waals surface area (Å²) in [5.41, 5.74) is 6.47. The largest absolute Gasteiger partial charge is 0.492 e. The van der Waals surface area contributed by atoms with Gasteiger partial charge in [-0.1, -0.05) is 24.3 Å². The quantitative estimate of drug-likeness (QED) is 0.880. The minimum Gasteiger partial charge on any atom is -0.492 e. The van der Waals surface area contributed by atoms with Crippen molar-refractivity contribution in [3.8, 4) is 11.5 Å². The van der Waals surface area contributed by atoms with Gasteiger partial charge in [0, 0.05) is 12.0 Å². The monoisotopic (exact) mass is 324 g/mol. The van der Waals surface area contributed by atoms with E-state index in [1.165, 1.54) is 0 Å². The third kappa shape index (κ3) is 3.74. The van der Waals surface area contributed by atoms with E-state index in [-0.39, 0.29) is 12.5 Å². The Bertz CT molecular complexity index is 784. The Balaban J connectivity index is 1.62. The summed E-state index contributed by atoms with van der Waals surface area (Å²) in [6, 6.07) is 13.5. The molecule has 1 aliphatic rings. The molecule has 1 aliphatic heterocycles. The number of nitrogens with one attached hydrogen (secondary N) is 1. The molecule has 1 heterocycles. The third-order valence-corrected chi connectivity index (χ3v) is 3.78. The maximum atomic E-state index is 11.9. The predicted octanol–water partition coefficient (Wildman–Crippen LogP) is 2.99. The molecule has 0 aliphatic carbocycles. The van der Waals surface area contributed by atoms with E-state index in [0.29, 0.717) is 18.8 Å². The first-order valence-electron chi connectivity index (χ1n) is 7.91. The van der Waals surface area contributed by atoms with Crippen LogP contribution in [0.3, 0.4) is 0 Å². The fourth-order valence-corrected chi connectivity index (χ4v) is 2.59. The predicted molar refractivity (Wildman–Crippen MR) is 92.6 cm³/mol. The van der Waals surface area contributed by atoms with E-state index in [9.17, 15) is 4.79 Å². The highest BCUT2D eigenvalue weighted by atomic mass is 16.5. The second-order valence-corrected chi connectivity index (χ2v) is 5.75. The van der Waals surface area contributed by atoms with Gasteiger partial charge in [0.2, 0.25) is 0 Å². The van der Waals surface area contributed by atoms with Crippen LogP contribution in [0.25, 0.3) is 0 Å². The summed E-state index contributed by atoms with van der Waals surface area (Å²) in [7, 11) is 0. The van der Waals surface area contributed by atoms with Gasteiger partial charge in [-0.2, -0.15) is 5.10 Å². The zero-order valence-electron chi connectivity index (χ0n) is 13.8. The normalized spacial score (nSPS) is 14.7. The second-order valence-electron chi connectivity index (χ2n) is 5.75. The number of amides is 1. The van der Waals surface area contributed by atoms with Crippen LogP contribution in [0.4, 0.5) is 0 Å². The van der Waals surface area contributed by atoms with E-state index in [2.05, 4.69) is 10.5 Å². The number of carbonyl (C=O) groups is 1. The molecular weight excluding hydrogens is 304 g/mol. The molecule has 0 saturated heterocycles. The molecule has 2 aromatic rings. The minimum atomic E-state index is -0.287. The molecule has 124 valence electrons. The van der Waals surface area contributed by atoms with Crippen LogP contribution in [-0.2, 0) is 4.79 Å². The molecule has 5 nitrogen and oxygen atoms in total. The zero-order chi connectivity index (χ0) is 16.9. The number of fused-ring (bicyclic) bond motifs is 1. The van der Waals surface area contributed by atoms with Crippen molar-refractivity contribution in [2.75, 3.05) is 13.2 Å². The van der Waals surface area contributed by atoms with Gasteiger partial charge in [-0.3, -0.25) is 4.79 Å². The van der Waals surface area contributed by atoms with Crippen molar-refractivity contribution < 1.29 is 14.3 Å². The van der Waals surface area contributed by atoms with Crippen molar-refractivity contribution in [3.63, 3.8) is 0 Å². The van der Waals surface area contributed by atoms with Gasteiger partial charge in [0.15, 0.2) is 6.61 Å². The van der Waals surface area contributed by atoms with E-state index in [1.54, 1.807) is 0 Å². The molecule has 0 unspecified atom stereocenters. The number of ether oxygens (including phenoxy) is 2. The summed E-state index contributed by atoms with van der Waals surface area (Å²) in [6.45, 7) is 4.46. The summed E-state index contributed by atoms with van der Waals surface area (Å²) < 4.78 is 11.2. The second kappa shape index (κ2) is 7.17. The molecule has 0 spiro atoms. The molecule has 0 radical (unpaired) electrons. The highest BCUT2D eigenvalue weighted by Crippen LogP contribution is 2.28. The SMILES string of the molecule is Cc1cccc(OCC(=O)N/N=C2\CCOc3c(C)cccc32)c1. The first kappa shape index (κ1) is 16.1. The van der Waals surface area contributed by atoms with E-state index < -0.39 is 0 Å². The van der Waals surface area contributed by atoms with Crippen molar-refractivity contribution in [2.45, 2.75) is 20.3 Å². The van der Waals surface area contributed by atoms with Crippen LogP contribution in [0.5, 0.6) is 11.5 Å². The lowest BCUT2D eigenvalue weighted by Crippen LogP contribution is -2.27. The lowest BCUT2D eigenvalue weighted by atomic mass is 10.0. The van der Waals surface area contributed by atoms with Crippen LogP contribution in [0.1, 0.15) is 23.1 Å². The fourth-order valence-electron chi connectivity index (χ4n) is 2.59. The Hall–Kier alpha value is -2.82. The zero-order valence-corrected chi connectivity index (χ0v) is 13.8. The molecule has 0 saturated carbocycles. The average molecular weight is 324 g/mol. The number of hydrogen-bond donors (Lipinski definition) is 1. The average Bonchev–Trinajstić information content (AvgIpc) is 2.59. The Morgan fingerprint density at radius 1 is 1.25 bits per heavy atom. The topological polar surface area (TPSA) is 59.9 Å². The molecule has 3 rings (SSSR count). The molecule has 1 N–H and O–H groups in total. The summed E-state index contributed by atoms with van der Waals surface area (Å²) >= 11 is 0. The maximum absolute atomic E-state index is 11.9. The summed E-state index contributed by atoms with van der Waals surface area (Å²) in [5.74, 6) is 1.22. The van der Waals surface area contributed by atoms with Crippen molar-refractivity contribution in [1.29, 1.82) is 0 Å². The smallest absolute Gasteiger partial charge is 0.277 e. The van der Waals surface area contributed by atoms with Gasteiger partial charge in [-0.05, 0) is 43.2 Å². The van der Waals surface area contributed by atoms with Gasteiger partial charge in [0.05, 0.1) is 12.3 Å². The molecule has 0 aromatic heterocycles. The van der Waals surface area contributed by atoms with Gasteiger partial charge in [-0.25, -0.2) is 5.43 Å². The molecule has 1 amide bonds. The summed E-state index contributed by atoms with van der Waals surface area (Å²) in [6.07, 6.45) is 0.662. The third-order valence-electron chi connectivity index (χ3n) is 3.78. The molecule has 0 atom stereocenters. The van der Waals surface area contributed by atoms with Gasteiger partial charge < -0.3 is 9.47 Å². The number of rotatable bonds is 4. The maximum Gasteiger partial charge on any atom is 0.277 e. The van der Waals surface area contributed by atoms with E-state index in [1.807, 2.05) is 56.3 Å². The lowest BCUT2D eigenvalue weighted by molar-refractivity contribution is -0.123. The number of hydrazone groups is 1. The number of nitrogens with zero attached hydrogens (tertiary/aromatic N) is 1. The summed E-state index contributed by atoms with van der Waals surface area (Å²) in [4.78, 5) is 11.9. The Kier molecular flexibility index (Phi) is 4.79. The minimum absolute atomic E-state index is 0.0720. The van der Waals surface area contributed by atoms with Crippen LogP contribution in [0.15, 0.2) is 47.6 Å². The highest BCUT2D eigenvalue weighted by molar-refractivity contribution is 6.04. The standard InChI is InChI=1S/C19H20N2O3/c1-13-5-3-7-15(11-13)24-12-18(22)21-20-17-9-10-23-19-14(2)6-4-8-16(17)19/h3-8,11H,9-10,12H2,1-2H3,(H,21,22)/b20-17+. The number of hydrogen-bond acceptors (Lipinski definition) is 4. The Morgan fingerprint density at radius 2 is 2.08 bits per heavy atom. The van der Waals surface area contributed by atoms with E-state index in [4.69, 9.17) is 9.47 Å². The fraction of sp³-hybridized carbons (Fsp3) is 0.263.